The molecular weight excluding hydrogens is 212 g/mol. The third kappa shape index (κ3) is 2.20. The van der Waals surface area contributed by atoms with Crippen LogP contribution in [0.5, 0.6) is 0 Å². The van der Waals surface area contributed by atoms with Gasteiger partial charge in [0.1, 0.15) is 6.33 Å². The van der Waals surface area contributed by atoms with Crippen LogP contribution in [0.25, 0.3) is 0 Å². The molecular formula is C9H14N4O3. The molecule has 2 rings (SSSR count). The number of nitrogens with zero attached hydrogens (tertiary/aromatic N) is 2. The molecule has 1 saturated heterocycles. The van der Waals surface area contributed by atoms with Crippen LogP contribution in [0.2, 0.25) is 0 Å². The van der Waals surface area contributed by atoms with Crippen LogP contribution >= 0.6 is 0 Å². The summed E-state index contributed by atoms with van der Waals surface area (Å²) in [4.78, 5) is 15.5. The Morgan fingerprint density at radius 2 is 2.38 bits per heavy atom. The van der Waals surface area contributed by atoms with Crippen LogP contribution in [0, 0.1) is 0 Å². The number of aromatic nitrogens is 3. The normalized spacial score (nSPS) is 19.3. The molecule has 1 aliphatic heterocycles. The van der Waals surface area contributed by atoms with Gasteiger partial charge in [0.15, 0.2) is 0 Å². The third-order valence-electron chi connectivity index (χ3n) is 2.76. The number of carbonyl (C=O) groups excluding carboxylic acids is 1. The van der Waals surface area contributed by atoms with Crippen LogP contribution in [0.15, 0.2) is 6.33 Å². The molecule has 0 aliphatic carbocycles. The molecule has 1 amide bonds. The second-order valence-electron chi connectivity index (χ2n) is 3.84. The molecule has 0 unspecified atom stereocenters. The number of hydrogen-bond donors (Lipinski definition) is 3. The monoisotopic (exact) mass is 226 g/mol. The van der Waals surface area contributed by atoms with E-state index in [0.717, 1.165) is 0 Å². The molecule has 1 aliphatic rings. The van der Waals surface area contributed by atoms with E-state index in [1.165, 1.54) is 6.33 Å². The van der Waals surface area contributed by atoms with Gasteiger partial charge in [-0.25, -0.2) is 4.98 Å². The van der Waals surface area contributed by atoms with Crippen molar-refractivity contribution >= 4 is 5.91 Å². The summed E-state index contributed by atoms with van der Waals surface area (Å²) in [5.41, 5.74) is -0.595. The number of hydrogen-bond acceptors (Lipinski definition) is 5. The largest absolute Gasteiger partial charge is 0.394 e. The Morgan fingerprint density at radius 3 is 2.94 bits per heavy atom. The van der Waals surface area contributed by atoms with Crippen LogP contribution in [0.4, 0.5) is 0 Å². The van der Waals surface area contributed by atoms with Crippen molar-refractivity contribution in [2.24, 2.45) is 0 Å². The molecule has 16 heavy (non-hydrogen) atoms. The second-order valence-corrected chi connectivity index (χ2v) is 3.84. The average molecular weight is 226 g/mol. The van der Waals surface area contributed by atoms with E-state index in [1.807, 2.05) is 0 Å². The lowest BCUT2D eigenvalue weighted by Crippen LogP contribution is -2.54. The fraction of sp³-hybridized carbons (Fsp3) is 0.667. The zero-order chi connectivity index (χ0) is 11.4. The molecule has 7 heteroatoms. The maximum absolute atomic E-state index is 11.7. The molecule has 2 heterocycles. The summed E-state index contributed by atoms with van der Waals surface area (Å²) >= 11 is 0. The highest BCUT2D eigenvalue weighted by atomic mass is 16.5. The van der Waals surface area contributed by atoms with Gasteiger partial charge in [-0.15, -0.1) is 0 Å². The van der Waals surface area contributed by atoms with Gasteiger partial charge in [-0.05, 0) is 12.8 Å². The maximum Gasteiger partial charge on any atom is 0.289 e. The first-order chi connectivity index (χ1) is 7.76. The number of nitrogens with one attached hydrogen (secondary N) is 2. The van der Waals surface area contributed by atoms with Crippen LogP contribution in [-0.4, -0.2) is 51.6 Å². The molecule has 7 nitrogen and oxygen atoms in total. The zero-order valence-corrected chi connectivity index (χ0v) is 8.77. The van der Waals surface area contributed by atoms with Gasteiger partial charge in [0.2, 0.25) is 5.82 Å². The summed E-state index contributed by atoms with van der Waals surface area (Å²) in [5.74, 6) is -0.201. The Hall–Kier alpha value is -1.47. The zero-order valence-electron chi connectivity index (χ0n) is 8.77. The molecule has 0 saturated carbocycles. The van der Waals surface area contributed by atoms with Gasteiger partial charge < -0.3 is 15.2 Å². The smallest absolute Gasteiger partial charge is 0.289 e. The Bertz CT molecular complexity index is 346. The van der Waals surface area contributed by atoms with Gasteiger partial charge in [-0.2, -0.15) is 5.10 Å². The Balaban J connectivity index is 2.03. The highest BCUT2D eigenvalue weighted by Gasteiger charge is 2.34. The Kier molecular flexibility index (Phi) is 3.16. The van der Waals surface area contributed by atoms with Gasteiger partial charge in [-0.3, -0.25) is 9.89 Å². The number of aliphatic hydroxyl groups excluding tert-OH is 1. The molecule has 0 spiro atoms. The van der Waals surface area contributed by atoms with Gasteiger partial charge in [0, 0.05) is 13.2 Å². The molecule has 0 atom stereocenters. The van der Waals surface area contributed by atoms with E-state index < -0.39 is 5.54 Å². The lowest BCUT2D eigenvalue weighted by Gasteiger charge is -2.35. The van der Waals surface area contributed by atoms with E-state index in [0.29, 0.717) is 26.1 Å². The molecule has 88 valence electrons. The first-order valence-corrected chi connectivity index (χ1v) is 5.12. The van der Waals surface area contributed by atoms with E-state index >= 15 is 0 Å². The van der Waals surface area contributed by atoms with Crippen LogP contribution < -0.4 is 5.32 Å². The number of carbonyl (C=O) groups is 1. The fourth-order valence-corrected chi connectivity index (χ4v) is 1.70. The fourth-order valence-electron chi connectivity index (χ4n) is 1.70. The summed E-state index contributed by atoms with van der Waals surface area (Å²) in [5, 5.41) is 18.2. The Morgan fingerprint density at radius 1 is 1.62 bits per heavy atom. The van der Waals surface area contributed by atoms with Crippen molar-refractivity contribution < 1.29 is 14.6 Å². The number of aliphatic hydroxyl groups is 1. The minimum Gasteiger partial charge on any atom is -0.394 e. The maximum atomic E-state index is 11.7. The van der Waals surface area contributed by atoms with Gasteiger partial charge in [0.25, 0.3) is 5.91 Å². The van der Waals surface area contributed by atoms with Crippen molar-refractivity contribution in [3.8, 4) is 0 Å². The minimum atomic E-state index is -0.595. The lowest BCUT2D eigenvalue weighted by molar-refractivity contribution is 0.0123. The van der Waals surface area contributed by atoms with Gasteiger partial charge >= 0.3 is 0 Å². The van der Waals surface area contributed by atoms with Crippen molar-refractivity contribution in [2.45, 2.75) is 18.4 Å². The number of aromatic amines is 1. The molecule has 0 bridgehead atoms. The van der Waals surface area contributed by atoms with E-state index in [4.69, 9.17) is 4.74 Å². The third-order valence-corrected chi connectivity index (χ3v) is 2.76. The first kappa shape index (κ1) is 11.0. The minimum absolute atomic E-state index is 0.101. The molecule has 1 aromatic rings. The summed E-state index contributed by atoms with van der Waals surface area (Å²) < 4.78 is 5.20. The van der Waals surface area contributed by atoms with Crippen molar-refractivity contribution in [1.29, 1.82) is 0 Å². The van der Waals surface area contributed by atoms with Gasteiger partial charge in [0.05, 0.1) is 12.1 Å². The van der Waals surface area contributed by atoms with Crippen molar-refractivity contribution in [1.82, 2.24) is 20.5 Å². The quantitative estimate of drug-likeness (QED) is 0.618. The number of rotatable bonds is 3. The van der Waals surface area contributed by atoms with Crippen LogP contribution in [0.1, 0.15) is 23.5 Å². The number of ether oxygens (including phenoxy) is 1. The molecule has 1 fully saturated rings. The summed E-state index contributed by atoms with van der Waals surface area (Å²) in [7, 11) is 0. The number of amides is 1. The van der Waals surface area contributed by atoms with Crippen molar-refractivity contribution in [3.05, 3.63) is 12.2 Å². The highest BCUT2D eigenvalue weighted by molar-refractivity contribution is 5.90. The van der Waals surface area contributed by atoms with E-state index in [-0.39, 0.29) is 18.3 Å². The second kappa shape index (κ2) is 4.58. The Labute approximate surface area is 92.2 Å². The van der Waals surface area contributed by atoms with E-state index in [1.54, 1.807) is 0 Å². The standard InChI is InChI=1S/C9H14N4O3/c14-5-9(1-3-16-4-2-9)12-8(15)7-10-6-11-13-7/h6,14H,1-5H2,(H,12,15)(H,10,11,13). The predicted molar refractivity (Wildman–Crippen MR) is 53.7 cm³/mol. The van der Waals surface area contributed by atoms with Crippen LogP contribution in [0.3, 0.4) is 0 Å². The molecule has 3 N–H and O–H groups in total. The molecule has 1 aromatic heterocycles. The van der Waals surface area contributed by atoms with E-state index in [2.05, 4.69) is 20.5 Å². The lowest BCUT2D eigenvalue weighted by atomic mass is 9.91. The average Bonchev–Trinajstić information content (AvgIpc) is 2.84. The topological polar surface area (TPSA) is 100 Å². The molecule has 0 radical (unpaired) electrons. The van der Waals surface area contributed by atoms with Crippen molar-refractivity contribution in [2.75, 3.05) is 19.8 Å². The summed E-state index contributed by atoms with van der Waals surface area (Å²) in [6.07, 6.45) is 2.47. The predicted octanol–water partition coefficient (Wildman–Crippen LogP) is -0.924. The summed E-state index contributed by atoms with van der Waals surface area (Å²) in [6.45, 7) is 0.977. The van der Waals surface area contributed by atoms with Crippen molar-refractivity contribution in [3.63, 3.8) is 0 Å². The SMILES string of the molecule is O=C(NC1(CO)CCOCC1)c1ncn[nH]1. The molecule has 0 aromatic carbocycles. The van der Waals surface area contributed by atoms with Gasteiger partial charge in [-0.1, -0.05) is 0 Å². The summed E-state index contributed by atoms with van der Waals surface area (Å²) in [6, 6.07) is 0. The highest BCUT2D eigenvalue weighted by Crippen LogP contribution is 2.20. The van der Waals surface area contributed by atoms with Crippen LogP contribution in [-0.2, 0) is 4.74 Å². The number of H-pyrrole nitrogens is 1. The first-order valence-electron chi connectivity index (χ1n) is 5.12. The van der Waals surface area contributed by atoms with E-state index in [9.17, 15) is 9.90 Å².